The zero-order chi connectivity index (χ0) is 17.3. The van der Waals surface area contributed by atoms with E-state index in [2.05, 4.69) is 9.97 Å². The van der Waals surface area contributed by atoms with Crippen LogP contribution in [0.4, 0.5) is 13.2 Å². The van der Waals surface area contributed by atoms with Gasteiger partial charge in [-0.15, -0.1) is 0 Å². The number of carboxylic acid groups (broad SMARTS) is 1. The molecule has 7 heteroatoms. The van der Waals surface area contributed by atoms with Crippen LogP contribution in [0.1, 0.15) is 16.7 Å². The largest absolute Gasteiger partial charge is 0.478 e. The molecule has 0 aliphatic rings. The SMILES string of the molecule is O=C(O)C(=Cc1c[nH]c2ncccc12)c1cccc(C(F)(F)F)c1. The molecule has 0 aliphatic carbocycles. The van der Waals surface area contributed by atoms with E-state index < -0.39 is 17.7 Å². The lowest BCUT2D eigenvalue weighted by molar-refractivity contribution is -0.137. The van der Waals surface area contributed by atoms with Crippen LogP contribution in [0.5, 0.6) is 0 Å². The summed E-state index contributed by atoms with van der Waals surface area (Å²) in [6, 6.07) is 7.69. The monoisotopic (exact) mass is 332 g/mol. The number of benzene rings is 1. The van der Waals surface area contributed by atoms with Crippen LogP contribution in [-0.4, -0.2) is 21.0 Å². The Hall–Kier alpha value is -3.09. The molecule has 0 radical (unpaired) electrons. The molecule has 2 aromatic heterocycles. The summed E-state index contributed by atoms with van der Waals surface area (Å²) in [7, 11) is 0. The first-order valence-corrected chi connectivity index (χ1v) is 6.91. The number of aromatic amines is 1. The molecule has 122 valence electrons. The van der Waals surface area contributed by atoms with Crippen molar-refractivity contribution in [2.24, 2.45) is 0 Å². The standard InChI is InChI=1S/C17H11F3N2O2/c18-17(19,20)12-4-1-3-10(7-12)14(16(23)24)8-11-9-22-15-13(11)5-2-6-21-15/h1-9H,(H,21,22)(H,23,24). The lowest BCUT2D eigenvalue weighted by atomic mass is 10.0. The van der Waals surface area contributed by atoms with Gasteiger partial charge in [0, 0.05) is 23.3 Å². The number of aromatic nitrogens is 2. The molecule has 0 amide bonds. The topological polar surface area (TPSA) is 66.0 Å². The predicted molar refractivity (Wildman–Crippen MR) is 83.0 cm³/mol. The van der Waals surface area contributed by atoms with Gasteiger partial charge < -0.3 is 10.1 Å². The number of alkyl halides is 3. The molecule has 4 nitrogen and oxygen atoms in total. The maximum atomic E-state index is 12.8. The molecule has 0 bridgehead atoms. The Morgan fingerprint density at radius 1 is 1.21 bits per heavy atom. The van der Waals surface area contributed by atoms with Gasteiger partial charge in [0.25, 0.3) is 0 Å². The predicted octanol–water partition coefficient (Wildman–Crippen LogP) is 4.21. The first-order valence-electron chi connectivity index (χ1n) is 6.91. The zero-order valence-electron chi connectivity index (χ0n) is 12.1. The fourth-order valence-corrected chi connectivity index (χ4v) is 2.38. The van der Waals surface area contributed by atoms with Crippen LogP contribution >= 0.6 is 0 Å². The van der Waals surface area contributed by atoms with Crippen molar-refractivity contribution in [1.82, 2.24) is 9.97 Å². The van der Waals surface area contributed by atoms with Gasteiger partial charge in [-0.05, 0) is 35.9 Å². The van der Waals surface area contributed by atoms with Gasteiger partial charge in [0.05, 0.1) is 11.1 Å². The second-order valence-electron chi connectivity index (χ2n) is 5.09. The smallest absolute Gasteiger partial charge is 0.416 e. The summed E-state index contributed by atoms with van der Waals surface area (Å²) in [6.45, 7) is 0. The summed E-state index contributed by atoms with van der Waals surface area (Å²) in [4.78, 5) is 18.5. The highest BCUT2D eigenvalue weighted by Gasteiger charge is 2.31. The summed E-state index contributed by atoms with van der Waals surface area (Å²) in [5.41, 5.74) is -0.0420. The molecular formula is C17H11F3N2O2. The number of aliphatic carboxylic acids is 1. The van der Waals surface area contributed by atoms with Crippen LogP contribution in [-0.2, 0) is 11.0 Å². The van der Waals surface area contributed by atoms with Gasteiger partial charge in [0.15, 0.2) is 0 Å². The van der Waals surface area contributed by atoms with Crippen LogP contribution in [0.2, 0.25) is 0 Å². The van der Waals surface area contributed by atoms with Gasteiger partial charge in [-0.2, -0.15) is 13.2 Å². The van der Waals surface area contributed by atoms with E-state index in [1.54, 1.807) is 24.5 Å². The van der Waals surface area contributed by atoms with Gasteiger partial charge >= 0.3 is 12.1 Å². The van der Waals surface area contributed by atoms with Gasteiger partial charge in [-0.3, -0.25) is 0 Å². The van der Waals surface area contributed by atoms with Crippen molar-refractivity contribution in [1.29, 1.82) is 0 Å². The van der Waals surface area contributed by atoms with Crippen LogP contribution in [0.3, 0.4) is 0 Å². The first kappa shape index (κ1) is 15.8. The van der Waals surface area contributed by atoms with Crippen molar-refractivity contribution in [3.63, 3.8) is 0 Å². The average Bonchev–Trinajstić information content (AvgIpc) is 2.95. The number of halogens is 3. The molecule has 0 unspecified atom stereocenters. The second-order valence-corrected chi connectivity index (χ2v) is 5.09. The number of hydrogen-bond donors (Lipinski definition) is 2. The quantitative estimate of drug-likeness (QED) is 0.706. The van der Waals surface area contributed by atoms with Crippen molar-refractivity contribution >= 4 is 28.7 Å². The van der Waals surface area contributed by atoms with E-state index in [4.69, 9.17) is 0 Å². The molecule has 0 fully saturated rings. The molecule has 0 spiro atoms. The number of H-pyrrole nitrogens is 1. The Morgan fingerprint density at radius 3 is 2.71 bits per heavy atom. The van der Waals surface area contributed by atoms with E-state index in [1.807, 2.05) is 0 Å². The van der Waals surface area contributed by atoms with Crippen molar-refractivity contribution in [3.8, 4) is 0 Å². The molecular weight excluding hydrogens is 321 g/mol. The minimum absolute atomic E-state index is 0.0180. The number of rotatable bonds is 3. The number of fused-ring (bicyclic) bond motifs is 1. The maximum absolute atomic E-state index is 12.8. The van der Waals surface area contributed by atoms with Crippen molar-refractivity contribution in [2.75, 3.05) is 0 Å². The summed E-state index contributed by atoms with van der Waals surface area (Å²) < 4.78 is 38.5. The van der Waals surface area contributed by atoms with E-state index in [0.717, 1.165) is 12.1 Å². The third kappa shape index (κ3) is 3.01. The summed E-state index contributed by atoms with van der Waals surface area (Å²) in [5, 5.41) is 10.1. The Bertz CT molecular complexity index is 942. The van der Waals surface area contributed by atoms with E-state index >= 15 is 0 Å². The molecule has 3 aromatic rings. The van der Waals surface area contributed by atoms with Crippen molar-refractivity contribution in [3.05, 3.63) is 65.5 Å². The average molecular weight is 332 g/mol. The maximum Gasteiger partial charge on any atom is 0.416 e. The molecule has 3 rings (SSSR count). The zero-order valence-corrected chi connectivity index (χ0v) is 12.1. The highest BCUT2D eigenvalue weighted by Crippen LogP contribution is 2.32. The molecule has 0 aliphatic heterocycles. The summed E-state index contributed by atoms with van der Waals surface area (Å²) in [5.74, 6) is -1.31. The van der Waals surface area contributed by atoms with Gasteiger partial charge in [-0.25, -0.2) is 9.78 Å². The number of nitrogens with one attached hydrogen (secondary N) is 1. The summed E-state index contributed by atoms with van der Waals surface area (Å²) in [6.07, 6.45) is -0.0614. The number of hydrogen-bond acceptors (Lipinski definition) is 2. The van der Waals surface area contributed by atoms with Crippen LogP contribution in [0.25, 0.3) is 22.7 Å². The Kier molecular flexibility index (Phi) is 3.84. The van der Waals surface area contributed by atoms with Crippen molar-refractivity contribution in [2.45, 2.75) is 6.18 Å². The number of nitrogens with zero attached hydrogens (tertiary/aromatic N) is 1. The second kappa shape index (κ2) is 5.84. The van der Waals surface area contributed by atoms with E-state index in [-0.39, 0.29) is 11.1 Å². The minimum Gasteiger partial charge on any atom is -0.478 e. The lowest BCUT2D eigenvalue weighted by Crippen LogP contribution is -2.06. The van der Waals surface area contributed by atoms with Gasteiger partial charge in [-0.1, -0.05) is 12.1 Å². The van der Waals surface area contributed by atoms with Crippen LogP contribution in [0.15, 0.2) is 48.8 Å². The van der Waals surface area contributed by atoms with E-state index in [0.29, 0.717) is 16.6 Å². The highest BCUT2D eigenvalue weighted by molar-refractivity contribution is 6.21. The molecule has 2 N–H and O–H groups in total. The first-order chi connectivity index (χ1) is 11.4. The van der Waals surface area contributed by atoms with Crippen LogP contribution < -0.4 is 0 Å². The van der Waals surface area contributed by atoms with Crippen LogP contribution in [0, 0.1) is 0 Å². The normalized spacial score (nSPS) is 12.5. The Balaban J connectivity index is 2.13. The number of carbonyl (C=O) groups is 1. The Morgan fingerprint density at radius 2 is 2.00 bits per heavy atom. The number of pyridine rings is 1. The third-order valence-electron chi connectivity index (χ3n) is 3.51. The Labute approximate surface area is 134 Å². The highest BCUT2D eigenvalue weighted by atomic mass is 19.4. The molecule has 0 saturated carbocycles. The van der Waals surface area contributed by atoms with Gasteiger partial charge in [0.1, 0.15) is 5.65 Å². The summed E-state index contributed by atoms with van der Waals surface area (Å²) >= 11 is 0. The minimum atomic E-state index is -4.54. The molecule has 0 saturated heterocycles. The molecule has 2 heterocycles. The van der Waals surface area contributed by atoms with Gasteiger partial charge in [0.2, 0.25) is 0 Å². The molecule has 24 heavy (non-hydrogen) atoms. The number of carboxylic acids is 1. The lowest BCUT2D eigenvalue weighted by Gasteiger charge is -2.09. The molecule has 0 atom stereocenters. The molecule has 1 aromatic carbocycles. The van der Waals surface area contributed by atoms with E-state index in [1.165, 1.54) is 18.2 Å². The van der Waals surface area contributed by atoms with E-state index in [9.17, 15) is 23.1 Å². The van der Waals surface area contributed by atoms with Crippen molar-refractivity contribution < 1.29 is 23.1 Å². The third-order valence-corrected chi connectivity index (χ3v) is 3.51. The fraction of sp³-hybridized carbons (Fsp3) is 0.0588. The fourth-order valence-electron chi connectivity index (χ4n) is 2.38.